The first-order valence-corrected chi connectivity index (χ1v) is 13.5. The summed E-state index contributed by atoms with van der Waals surface area (Å²) in [5, 5.41) is 2.73. The van der Waals surface area contributed by atoms with Gasteiger partial charge >= 0.3 is 17.9 Å². The van der Waals surface area contributed by atoms with E-state index >= 15 is 0 Å². The van der Waals surface area contributed by atoms with Crippen LogP contribution in [0.4, 0.5) is 5.82 Å². The summed E-state index contributed by atoms with van der Waals surface area (Å²) in [5.41, 5.74) is 0.613. The van der Waals surface area contributed by atoms with Gasteiger partial charge in [0, 0.05) is 25.7 Å². The van der Waals surface area contributed by atoms with E-state index in [0.717, 1.165) is 0 Å². The predicted molar refractivity (Wildman–Crippen MR) is 138 cm³/mol. The summed E-state index contributed by atoms with van der Waals surface area (Å²) in [6.45, 7) is 7.22. The highest BCUT2D eigenvalue weighted by Crippen LogP contribution is 2.37. The number of anilines is 1. The molecular weight excluding hydrogens is 510 g/mol. The van der Waals surface area contributed by atoms with Gasteiger partial charge in [0.05, 0.1) is 6.33 Å². The summed E-state index contributed by atoms with van der Waals surface area (Å²) in [4.78, 5) is 62.3. The van der Waals surface area contributed by atoms with Gasteiger partial charge in [0.2, 0.25) is 5.91 Å². The molecule has 0 radical (unpaired) electrons. The predicted octanol–water partition coefficient (Wildman–Crippen LogP) is 3.23. The van der Waals surface area contributed by atoms with Crippen molar-refractivity contribution in [2.24, 2.45) is 0 Å². The Morgan fingerprint density at radius 2 is 1.46 bits per heavy atom. The minimum absolute atomic E-state index is 0.148. The van der Waals surface area contributed by atoms with Crippen molar-refractivity contribution in [2.75, 3.05) is 11.9 Å². The first-order valence-electron chi connectivity index (χ1n) is 13.5. The normalized spacial score (nSPS) is 20.5. The van der Waals surface area contributed by atoms with Crippen LogP contribution in [-0.4, -0.2) is 68.3 Å². The number of carbonyl (C=O) groups is 4. The largest absolute Gasteiger partial charge is 0.463 e. The van der Waals surface area contributed by atoms with Gasteiger partial charge in [0.15, 0.2) is 35.4 Å². The summed E-state index contributed by atoms with van der Waals surface area (Å²) < 4.78 is 24.7. The molecule has 0 bridgehead atoms. The molecule has 1 aliphatic heterocycles. The lowest BCUT2D eigenvalue weighted by molar-refractivity contribution is -0.169. The van der Waals surface area contributed by atoms with E-state index in [4.69, 9.17) is 18.9 Å². The van der Waals surface area contributed by atoms with Crippen LogP contribution < -0.4 is 5.32 Å². The van der Waals surface area contributed by atoms with E-state index in [9.17, 15) is 19.2 Å². The van der Waals surface area contributed by atoms with Crippen LogP contribution in [0.1, 0.15) is 85.3 Å². The third-order valence-electron chi connectivity index (χ3n) is 5.96. The lowest BCUT2D eigenvalue weighted by Gasteiger charge is -2.24. The second kappa shape index (κ2) is 14.5. The number of nitrogens with one attached hydrogen (secondary N) is 1. The average Bonchev–Trinajstić information content (AvgIpc) is 3.45. The van der Waals surface area contributed by atoms with E-state index in [0.29, 0.717) is 43.3 Å². The Kier molecular flexibility index (Phi) is 11.1. The standard InChI is InChI=1S/C26H37N5O8/c1-5-9-17(32)30-24-21-25(28-14-27-24)31(15-29-21)26-23(39-20(35)12-8-4)22(38-19(34)11-7-3)16(37-26)13-36-18(33)10-6-2/h14-16,22-23,26H,5-13H2,1-4H3,(H,27,28,30,32)/t16-,22-,23-,26-/m1/s1. The number of hydrogen-bond donors (Lipinski definition) is 1. The Labute approximate surface area is 226 Å². The molecule has 0 aliphatic carbocycles. The fourth-order valence-electron chi connectivity index (χ4n) is 4.17. The van der Waals surface area contributed by atoms with Gasteiger partial charge in [-0.3, -0.25) is 23.7 Å². The van der Waals surface area contributed by atoms with Crippen molar-refractivity contribution >= 4 is 40.8 Å². The highest BCUT2D eigenvalue weighted by atomic mass is 16.7. The fraction of sp³-hybridized carbons (Fsp3) is 0.654. The van der Waals surface area contributed by atoms with Gasteiger partial charge in [-0.25, -0.2) is 15.0 Å². The molecule has 0 saturated carbocycles. The number of ether oxygens (including phenoxy) is 4. The Morgan fingerprint density at radius 3 is 2.10 bits per heavy atom. The van der Waals surface area contributed by atoms with E-state index in [2.05, 4.69) is 20.3 Å². The molecule has 1 saturated heterocycles. The number of hydrogen-bond acceptors (Lipinski definition) is 11. The van der Waals surface area contributed by atoms with Crippen molar-refractivity contribution in [3.63, 3.8) is 0 Å². The highest BCUT2D eigenvalue weighted by molar-refractivity contribution is 5.96. The Balaban J connectivity index is 1.99. The van der Waals surface area contributed by atoms with Gasteiger partial charge < -0.3 is 24.3 Å². The number of rotatable bonds is 14. The summed E-state index contributed by atoms with van der Waals surface area (Å²) in [6.07, 6.45) is 1.87. The molecule has 3 rings (SSSR count). The van der Waals surface area contributed by atoms with Crippen molar-refractivity contribution in [2.45, 2.75) is 104 Å². The molecule has 1 aliphatic rings. The molecule has 1 N–H and O–H groups in total. The molecule has 13 nitrogen and oxygen atoms in total. The van der Waals surface area contributed by atoms with Gasteiger partial charge in [-0.2, -0.15) is 0 Å². The fourth-order valence-corrected chi connectivity index (χ4v) is 4.17. The molecule has 13 heteroatoms. The zero-order valence-electron chi connectivity index (χ0n) is 22.9. The smallest absolute Gasteiger partial charge is 0.306 e. The van der Waals surface area contributed by atoms with Gasteiger partial charge in [-0.05, 0) is 25.7 Å². The van der Waals surface area contributed by atoms with Crippen LogP contribution in [0, 0.1) is 0 Å². The van der Waals surface area contributed by atoms with Crippen LogP contribution >= 0.6 is 0 Å². The number of amides is 1. The second-order valence-corrected chi connectivity index (χ2v) is 9.25. The third kappa shape index (κ3) is 7.71. The van der Waals surface area contributed by atoms with Gasteiger partial charge in [-0.1, -0.05) is 27.7 Å². The number of fused-ring (bicyclic) bond motifs is 1. The van der Waals surface area contributed by atoms with Gasteiger partial charge in [-0.15, -0.1) is 0 Å². The molecular formula is C26H37N5O8. The highest BCUT2D eigenvalue weighted by Gasteiger charge is 2.51. The number of aromatic nitrogens is 4. The summed E-state index contributed by atoms with van der Waals surface area (Å²) in [5.74, 6) is -1.40. The quantitative estimate of drug-likeness (QED) is 0.273. The van der Waals surface area contributed by atoms with Crippen LogP contribution in [0.2, 0.25) is 0 Å². The van der Waals surface area contributed by atoms with E-state index in [1.807, 2.05) is 27.7 Å². The van der Waals surface area contributed by atoms with Crippen molar-refractivity contribution in [1.82, 2.24) is 19.5 Å². The SMILES string of the molecule is CCCC(=O)Nc1ncnc2c1ncn2[C@@H]1O[C@H](COC(=O)CCC)[C@@H](OC(=O)CCC)[C@H]1OC(=O)CCC. The van der Waals surface area contributed by atoms with Crippen molar-refractivity contribution in [1.29, 1.82) is 0 Å². The van der Waals surface area contributed by atoms with E-state index in [-0.39, 0.29) is 37.6 Å². The number of imidazole rings is 1. The zero-order chi connectivity index (χ0) is 28.4. The molecule has 2 aromatic rings. The first kappa shape index (κ1) is 29.9. The van der Waals surface area contributed by atoms with E-state index < -0.39 is 42.4 Å². The van der Waals surface area contributed by atoms with Gasteiger partial charge in [0.1, 0.15) is 19.0 Å². The lowest BCUT2D eigenvalue weighted by Crippen LogP contribution is -2.41. The van der Waals surface area contributed by atoms with Crippen LogP contribution in [0.15, 0.2) is 12.7 Å². The molecule has 214 valence electrons. The van der Waals surface area contributed by atoms with Crippen LogP contribution in [0.25, 0.3) is 11.2 Å². The molecule has 39 heavy (non-hydrogen) atoms. The molecule has 1 amide bonds. The average molecular weight is 548 g/mol. The maximum atomic E-state index is 12.6. The summed E-state index contributed by atoms with van der Waals surface area (Å²) in [7, 11) is 0. The zero-order valence-corrected chi connectivity index (χ0v) is 22.9. The summed E-state index contributed by atoms with van der Waals surface area (Å²) in [6, 6.07) is 0. The maximum absolute atomic E-state index is 12.6. The number of nitrogens with zero attached hydrogens (tertiary/aromatic N) is 4. The number of carbonyl (C=O) groups excluding carboxylic acids is 4. The maximum Gasteiger partial charge on any atom is 0.306 e. The van der Waals surface area contributed by atoms with Crippen molar-refractivity contribution in [3.8, 4) is 0 Å². The molecule has 0 aromatic carbocycles. The number of esters is 3. The third-order valence-corrected chi connectivity index (χ3v) is 5.96. The molecule has 0 unspecified atom stereocenters. The topological polar surface area (TPSA) is 161 Å². The van der Waals surface area contributed by atoms with Crippen LogP contribution in [-0.2, 0) is 38.1 Å². The van der Waals surface area contributed by atoms with Gasteiger partial charge in [0.25, 0.3) is 0 Å². The Morgan fingerprint density at radius 1 is 0.846 bits per heavy atom. The van der Waals surface area contributed by atoms with Crippen LogP contribution in [0.3, 0.4) is 0 Å². The van der Waals surface area contributed by atoms with E-state index in [1.165, 1.54) is 17.2 Å². The van der Waals surface area contributed by atoms with E-state index in [1.54, 1.807) is 0 Å². The Hall–Kier alpha value is -3.61. The van der Waals surface area contributed by atoms with Crippen LogP contribution in [0.5, 0.6) is 0 Å². The summed E-state index contributed by atoms with van der Waals surface area (Å²) >= 11 is 0. The Bertz CT molecular complexity index is 1150. The molecule has 1 fully saturated rings. The minimum Gasteiger partial charge on any atom is -0.463 e. The molecule has 2 aromatic heterocycles. The molecule has 3 heterocycles. The molecule has 0 spiro atoms. The second-order valence-electron chi connectivity index (χ2n) is 9.25. The molecule has 4 atom stereocenters. The minimum atomic E-state index is -1.08. The van der Waals surface area contributed by atoms with Crippen molar-refractivity contribution in [3.05, 3.63) is 12.7 Å². The first-order chi connectivity index (χ1) is 18.8. The van der Waals surface area contributed by atoms with Crippen molar-refractivity contribution < 1.29 is 38.1 Å². The monoisotopic (exact) mass is 547 g/mol. The lowest BCUT2D eigenvalue weighted by atomic mass is 10.1.